The molecule has 1 heterocycles. The molecular formula is C22H27ClN3O3+. The number of amides is 1. The number of Topliss-reactive ketones (excluding diaryl/α,β-unsaturated/α-hetero) is 1. The van der Waals surface area contributed by atoms with Crippen molar-refractivity contribution >= 4 is 34.7 Å². The van der Waals surface area contributed by atoms with Crippen molar-refractivity contribution in [1.29, 1.82) is 0 Å². The number of quaternary nitrogens is 1. The Morgan fingerprint density at radius 3 is 2.41 bits per heavy atom. The van der Waals surface area contributed by atoms with Crippen LogP contribution in [0.3, 0.4) is 0 Å². The van der Waals surface area contributed by atoms with E-state index in [2.05, 4.69) is 10.2 Å². The van der Waals surface area contributed by atoms with Gasteiger partial charge in [-0.1, -0.05) is 11.6 Å². The molecule has 154 valence electrons. The summed E-state index contributed by atoms with van der Waals surface area (Å²) in [5, 5.41) is 3.56. The topological polar surface area (TPSA) is 63.1 Å². The average molecular weight is 417 g/mol. The molecule has 3 rings (SSSR count). The Morgan fingerprint density at radius 2 is 1.83 bits per heavy atom. The van der Waals surface area contributed by atoms with Crippen LogP contribution in [0.25, 0.3) is 0 Å². The molecule has 29 heavy (non-hydrogen) atoms. The number of hydrogen-bond donors (Lipinski definition) is 2. The van der Waals surface area contributed by atoms with Crippen LogP contribution in [0.5, 0.6) is 5.75 Å². The lowest BCUT2D eigenvalue weighted by Gasteiger charge is -2.33. The van der Waals surface area contributed by atoms with Crippen molar-refractivity contribution in [3.05, 3.63) is 52.5 Å². The number of nitrogens with one attached hydrogen (secondary N) is 2. The van der Waals surface area contributed by atoms with Gasteiger partial charge in [-0.2, -0.15) is 0 Å². The third-order valence-corrected chi connectivity index (χ3v) is 5.68. The first-order valence-corrected chi connectivity index (χ1v) is 10.1. The van der Waals surface area contributed by atoms with Crippen molar-refractivity contribution in [2.24, 2.45) is 0 Å². The summed E-state index contributed by atoms with van der Waals surface area (Å²) in [6, 6.07) is 11.3. The van der Waals surface area contributed by atoms with Gasteiger partial charge in [-0.05, 0) is 49.7 Å². The van der Waals surface area contributed by atoms with Crippen molar-refractivity contribution in [1.82, 2.24) is 0 Å². The minimum atomic E-state index is -0.0423. The number of carbonyl (C=O) groups is 2. The van der Waals surface area contributed by atoms with Crippen molar-refractivity contribution in [2.75, 3.05) is 50.1 Å². The highest BCUT2D eigenvalue weighted by Gasteiger charge is 2.23. The molecule has 1 aliphatic heterocycles. The van der Waals surface area contributed by atoms with E-state index < -0.39 is 0 Å². The van der Waals surface area contributed by atoms with Gasteiger partial charge in [-0.3, -0.25) is 9.59 Å². The molecule has 0 aromatic heterocycles. The molecule has 2 aromatic rings. The maximum Gasteiger partial charge on any atom is 0.279 e. The number of nitrogens with zero attached hydrogens (tertiary/aromatic N) is 1. The number of halogens is 1. The van der Waals surface area contributed by atoms with E-state index in [1.165, 1.54) is 4.90 Å². The SMILES string of the molecule is COc1cc(Cl)c(C)cc1NC(=O)C[NH+]1CCN(c2ccc(C(C)=O)cc2)CC1. The second-order valence-corrected chi connectivity index (χ2v) is 7.77. The van der Waals surface area contributed by atoms with Gasteiger partial charge >= 0.3 is 0 Å². The zero-order valence-electron chi connectivity index (χ0n) is 17.0. The fraction of sp³-hybridized carbons (Fsp3) is 0.364. The van der Waals surface area contributed by atoms with E-state index in [-0.39, 0.29) is 11.7 Å². The Hall–Kier alpha value is -2.57. The lowest BCUT2D eigenvalue weighted by atomic mass is 10.1. The number of ether oxygens (including phenoxy) is 1. The van der Waals surface area contributed by atoms with Gasteiger partial charge in [-0.15, -0.1) is 0 Å². The maximum absolute atomic E-state index is 12.5. The second kappa shape index (κ2) is 9.29. The van der Waals surface area contributed by atoms with Crippen LogP contribution in [0.4, 0.5) is 11.4 Å². The maximum atomic E-state index is 12.5. The van der Waals surface area contributed by atoms with Gasteiger partial charge in [0.15, 0.2) is 12.3 Å². The Bertz CT molecular complexity index is 891. The third kappa shape index (κ3) is 5.28. The fourth-order valence-electron chi connectivity index (χ4n) is 3.52. The van der Waals surface area contributed by atoms with E-state index in [1.807, 2.05) is 37.3 Å². The van der Waals surface area contributed by atoms with E-state index in [0.29, 0.717) is 23.0 Å². The molecule has 0 atom stereocenters. The summed E-state index contributed by atoms with van der Waals surface area (Å²) < 4.78 is 5.32. The van der Waals surface area contributed by atoms with Crippen LogP contribution in [0.2, 0.25) is 5.02 Å². The molecule has 1 fully saturated rings. The minimum absolute atomic E-state index is 0.0423. The van der Waals surface area contributed by atoms with Crippen LogP contribution in [0, 0.1) is 6.92 Å². The molecule has 2 N–H and O–H groups in total. The predicted molar refractivity (Wildman–Crippen MR) is 116 cm³/mol. The fourth-order valence-corrected chi connectivity index (χ4v) is 3.67. The zero-order chi connectivity index (χ0) is 21.0. The molecule has 2 aromatic carbocycles. The van der Waals surface area contributed by atoms with E-state index >= 15 is 0 Å². The van der Waals surface area contributed by atoms with Crippen molar-refractivity contribution in [2.45, 2.75) is 13.8 Å². The molecule has 1 saturated heterocycles. The summed E-state index contributed by atoms with van der Waals surface area (Å²) in [6.07, 6.45) is 0. The van der Waals surface area contributed by atoms with Gasteiger partial charge in [0.05, 0.1) is 39.0 Å². The van der Waals surface area contributed by atoms with Crippen LogP contribution in [-0.2, 0) is 4.79 Å². The number of hydrogen-bond acceptors (Lipinski definition) is 4. The lowest BCUT2D eigenvalue weighted by molar-refractivity contribution is -0.892. The standard InChI is InChI=1S/C22H26ClN3O3/c1-15-12-20(21(29-3)13-19(15)23)24-22(28)14-25-8-10-26(11-9-25)18-6-4-17(5-7-18)16(2)27/h4-7,12-13H,8-11,14H2,1-3H3,(H,24,28)/p+1. The van der Waals surface area contributed by atoms with E-state index in [9.17, 15) is 9.59 Å². The summed E-state index contributed by atoms with van der Waals surface area (Å²) in [5.74, 6) is 0.589. The second-order valence-electron chi connectivity index (χ2n) is 7.37. The van der Waals surface area contributed by atoms with Crippen LogP contribution in [-0.4, -0.2) is 51.5 Å². The number of rotatable bonds is 6. The van der Waals surface area contributed by atoms with Crippen molar-refractivity contribution < 1.29 is 19.2 Å². The minimum Gasteiger partial charge on any atom is -0.495 e. The molecule has 0 aliphatic carbocycles. The van der Waals surface area contributed by atoms with Gasteiger partial charge in [0.1, 0.15) is 5.75 Å². The number of anilines is 2. The summed E-state index contributed by atoms with van der Waals surface area (Å²) >= 11 is 6.13. The number of aryl methyl sites for hydroxylation is 1. The molecule has 0 radical (unpaired) electrons. The average Bonchev–Trinajstić information content (AvgIpc) is 2.71. The van der Waals surface area contributed by atoms with Crippen LogP contribution >= 0.6 is 11.6 Å². The monoisotopic (exact) mass is 416 g/mol. The Kier molecular flexibility index (Phi) is 6.77. The van der Waals surface area contributed by atoms with Gasteiger partial charge in [0.2, 0.25) is 0 Å². The highest BCUT2D eigenvalue weighted by Crippen LogP contribution is 2.30. The normalized spacial score (nSPS) is 14.6. The summed E-state index contributed by atoms with van der Waals surface area (Å²) in [4.78, 5) is 27.5. The summed E-state index contributed by atoms with van der Waals surface area (Å²) in [5.41, 5.74) is 3.37. The molecule has 7 heteroatoms. The number of carbonyl (C=O) groups excluding carboxylic acids is 2. The number of methoxy groups -OCH3 is 1. The van der Waals surface area contributed by atoms with Crippen LogP contribution < -0.4 is 19.9 Å². The quantitative estimate of drug-likeness (QED) is 0.709. The molecule has 0 spiro atoms. The summed E-state index contributed by atoms with van der Waals surface area (Å²) in [6.45, 7) is 7.35. The highest BCUT2D eigenvalue weighted by atomic mass is 35.5. The highest BCUT2D eigenvalue weighted by molar-refractivity contribution is 6.31. The first-order chi connectivity index (χ1) is 13.9. The number of piperazine rings is 1. The van der Waals surface area contributed by atoms with Gasteiger partial charge in [0.25, 0.3) is 5.91 Å². The molecule has 0 saturated carbocycles. The summed E-state index contributed by atoms with van der Waals surface area (Å²) in [7, 11) is 1.56. The molecule has 1 aliphatic rings. The van der Waals surface area contributed by atoms with E-state index in [1.54, 1.807) is 20.1 Å². The Balaban J connectivity index is 1.53. The van der Waals surface area contributed by atoms with Gasteiger partial charge < -0.3 is 19.9 Å². The number of benzene rings is 2. The predicted octanol–water partition coefficient (Wildman–Crippen LogP) is 2.20. The molecular weight excluding hydrogens is 390 g/mol. The number of ketones is 1. The Labute approximate surface area is 176 Å². The van der Waals surface area contributed by atoms with Crippen LogP contribution in [0.1, 0.15) is 22.8 Å². The molecule has 6 nitrogen and oxygen atoms in total. The largest absolute Gasteiger partial charge is 0.495 e. The zero-order valence-corrected chi connectivity index (χ0v) is 17.8. The first-order valence-electron chi connectivity index (χ1n) is 9.71. The van der Waals surface area contributed by atoms with E-state index in [0.717, 1.165) is 43.0 Å². The van der Waals surface area contributed by atoms with Crippen LogP contribution in [0.15, 0.2) is 36.4 Å². The third-order valence-electron chi connectivity index (χ3n) is 5.27. The smallest absolute Gasteiger partial charge is 0.279 e. The molecule has 0 unspecified atom stereocenters. The van der Waals surface area contributed by atoms with Gasteiger partial charge in [-0.25, -0.2) is 0 Å². The first kappa shape index (κ1) is 21.1. The van der Waals surface area contributed by atoms with Crippen molar-refractivity contribution in [3.63, 3.8) is 0 Å². The molecule has 0 bridgehead atoms. The Morgan fingerprint density at radius 1 is 1.17 bits per heavy atom. The van der Waals surface area contributed by atoms with E-state index in [4.69, 9.17) is 16.3 Å². The lowest BCUT2D eigenvalue weighted by Crippen LogP contribution is -3.15. The van der Waals surface area contributed by atoms with Crippen molar-refractivity contribution in [3.8, 4) is 5.75 Å². The molecule has 1 amide bonds. The van der Waals surface area contributed by atoms with Gasteiger partial charge in [0, 0.05) is 22.3 Å².